The second-order valence-corrected chi connectivity index (χ2v) is 6.27. The van der Waals surface area contributed by atoms with Crippen molar-refractivity contribution < 1.29 is 19.1 Å². The first kappa shape index (κ1) is 15.9. The van der Waals surface area contributed by atoms with E-state index >= 15 is 0 Å². The van der Waals surface area contributed by atoms with Gasteiger partial charge in [-0.05, 0) is 18.6 Å². The summed E-state index contributed by atoms with van der Waals surface area (Å²) in [7, 11) is 1.37. The smallest absolute Gasteiger partial charge is 0.320 e. The minimum Gasteiger partial charge on any atom is -0.469 e. The molecule has 0 amide bonds. The summed E-state index contributed by atoms with van der Waals surface area (Å²) in [4.78, 5) is 24.8. The third-order valence-corrected chi connectivity index (χ3v) is 4.92. The lowest BCUT2D eigenvalue weighted by Crippen LogP contribution is -2.26. The maximum Gasteiger partial charge on any atom is 0.320 e. The van der Waals surface area contributed by atoms with E-state index in [1.807, 2.05) is 37.3 Å². The van der Waals surface area contributed by atoms with E-state index in [0.717, 1.165) is 17.7 Å². The Morgan fingerprint density at radius 2 is 2.05 bits per heavy atom. The van der Waals surface area contributed by atoms with E-state index in [1.54, 1.807) is 0 Å². The van der Waals surface area contributed by atoms with Gasteiger partial charge in [0.15, 0.2) is 0 Å². The number of hydrogen-bond donors (Lipinski definition) is 0. The summed E-state index contributed by atoms with van der Waals surface area (Å²) < 4.78 is 10.2. The lowest BCUT2D eigenvalue weighted by molar-refractivity contribution is -0.144. The van der Waals surface area contributed by atoms with Crippen LogP contribution in [0.15, 0.2) is 35.2 Å². The van der Waals surface area contributed by atoms with Crippen LogP contribution in [0.2, 0.25) is 0 Å². The van der Waals surface area contributed by atoms with Crippen LogP contribution in [0.4, 0.5) is 0 Å². The van der Waals surface area contributed by atoms with Crippen molar-refractivity contribution in [3.63, 3.8) is 0 Å². The summed E-state index contributed by atoms with van der Waals surface area (Å²) in [5.41, 5.74) is 0. The van der Waals surface area contributed by atoms with Gasteiger partial charge in [-0.2, -0.15) is 0 Å². The van der Waals surface area contributed by atoms with E-state index in [4.69, 9.17) is 9.47 Å². The first-order chi connectivity index (χ1) is 10.2. The van der Waals surface area contributed by atoms with Gasteiger partial charge in [0.2, 0.25) is 0 Å². The maximum absolute atomic E-state index is 12.1. The summed E-state index contributed by atoms with van der Waals surface area (Å²) >= 11 is 1.47. The number of cyclic esters (lactones) is 1. The zero-order chi connectivity index (χ0) is 15.2. The highest BCUT2D eigenvalue weighted by Crippen LogP contribution is 2.39. The third-order valence-electron chi connectivity index (χ3n) is 3.58. The number of rotatable bonds is 6. The highest BCUT2D eigenvalue weighted by molar-refractivity contribution is 8.00. The Balaban J connectivity index is 2.14. The van der Waals surface area contributed by atoms with Crippen LogP contribution < -0.4 is 0 Å². The van der Waals surface area contributed by atoms with Crippen LogP contribution in [-0.4, -0.2) is 30.4 Å². The van der Waals surface area contributed by atoms with Crippen LogP contribution in [0.3, 0.4) is 0 Å². The van der Waals surface area contributed by atoms with E-state index in [-0.39, 0.29) is 35.6 Å². The molecule has 2 rings (SSSR count). The Morgan fingerprint density at radius 1 is 1.33 bits per heavy atom. The molecule has 0 aromatic heterocycles. The summed E-state index contributed by atoms with van der Waals surface area (Å²) in [5, 5.41) is -0.344. The van der Waals surface area contributed by atoms with Crippen molar-refractivity contribution in [1.82, 2.24) is 0 Å². The number of carbonyl (C=O) groups is 2. The Hall–Kier alpha value is -1.49. The summed E-state index contributed by atoms with van der Waals surface area (Å²) in [5.74, 6) is -0.649. The van der Waals surface area contributed by atoms with Crippen LogP contribution in [0.25, 0.3) is 0 Å². The van der Waals surface area contributed by atoms with Gasteiger partial charge >= 0.3 is 11.9 Å². The maximum atomic E-state index is 12.1. The molecule has 5 heteroatoms. The number of thioether (sulfide) groups is 1. The molecule has 4 nitrogen and oxygen atoms in total. The van der Waals surface area contributed by atoms with Crippen LogP contribution >= 0.6 is 11.8 Å². The van der Waals surface area contributed by atoms with Gasteiger partial charge in [0.25, 0.3) is 0 Å². The van der Waals surface area contributed by atoms with Crippen LogP contribution in [-0.2, 0) is 19.1 Å². The molecule has 1 saturated heterocycles. The van der Waals surface area contributed by atoms with Crippen molar-refractivity contribution >= 4 is 23.7 Å². The van der Waals surface area contributed by atoms with Crippen molar-refractivity contribution in [2.24, 2.45) is 5.92 Å². The standard InChI is InChI=1S/C16H20O4S/c1-3-7-13-12(10-14(17)19-2)15(16(18)20-13)21-11-8-5-4-6-9-11/h4-6,8-9,12-13,15H,3,7,10H2,1-2H3/t12-,13-,15+/m1/s1. The fraction of sp³-hybridized carbons (Fsp3) is 0.500. The van der Waals surface area contributed by atoms with Gasteiger partial charge in [-0.3, -0.25) is 9.59 Å². The number of hydrogen-bond acceptors (Lipinski definition) is 5. The second kappa shape index (κ2) is 7.50. The fourth-order valence-corrected chi connectivity index (χ4v) is 3.73. The minimum absolute atomic E-state index is 0.130. The molecule has 0 aliphatic carbocycles. The van der Waals surface area contributed by atoms with Crippen LogP contribution in [0.1, 0.15) is 26.2 Å². The molecule has 1 aromatic carbocycles. The number of methoxy groups -OCH3 is 1. The first-order valence-corrected chi connectivity index (χ1v) is 8.02. The summed E-state index contributed by atoms with van der Waals surface area (Å²) in [6.45, 7) is 2.04. The predicted molar refractivity (Wildman–Crippen MR) is 81.0 cm³/mol. The normalized spacial score (nSPS) is 24.7. The molecule has 1 aromatic rings. The number of ether oxygens (including phenoxy) is 2. The van der Waals surface area contributed by atoms with Crippen molar-refractivity contribution in [1.29, 1.82) is 0 Å². The lowest BCUT2D eigenvalue weighted by atomic mass is 9.94. The molecule has 1 aliphatic rings. The zero-order valence-corrected chi connectivity index (χ0v) is 13.1. The van der Waals surface area contributed by atoms with Crippen molar-refractivity contribution in [3.05, 3.63) is 30.3 Å². The summed E-state index contributed by atoms with van der Waals surface area (Å²) in [6.07, 6.45) is 1.72. The topological polar surface area (TPSA) is 52.6 Å². The Morgan fingerprint density at radius 3 is 2.67 bits per heavy atom. The largest absolute Gasteiger partial charge is 0.469 e. The Labute approximate surface area is 129 Å². The van der Waals surface area contributed by atoms with Gasteiger partial charge in [-0.25, -0.2) is 0 Å². The number of benzene rings is 1. The molecule has 114 valence electrons. The molecule has 0 N–H and O–H groups in total. The van der Waals surface area contributed by atoms with Gasteiger partial charge in [0, 0.05) is 10.8 Å². The van der Waals surface area contributed by atoms with E-state index in [2.05, 4.69) is 0 Å². The first-order valence-electron chi connectivity index (χ1n) is 7.14. The average Bonchev–Trinajstić information content (AvgIpc) is 2.77. The zero-order valence-electron chi connectivity index (χ0n) is 12.3. The molecule has 1 aliphatic heterocycles. The molecule has 3 atom stereocenters. The molecular weight excluding hydrogens is 288 g/mol. The SMILES string of the molecule is CCC[C@H]1OC(=O)[C@@H](Sc2ccccc2)[C@@H]1CC(=O)OC. The molecular formula is C16H20O4S. The van der Waals surface area contributed by atoms with Gasteiger partial charge in [0.1, 0.15) is 11.4 Å². The molecule has 0 bridgehead atoms. The quantitative estimate of drug-likeness (QED) is 0.756. The van der Waals surface area contributed by atoms with Gasteiger partial charge in [0.05, 0.1) is 13.5 Å². The highest BCUT2D eigenvalue weighted by Gasteiger charge is 2.45. The molecule has 0 unspecified atom stereocenters. The minimum atomic E-state index is -0.344. The monoisotopic (exact) mass is 308 g/mol. The summed E-state index contributed by atoms with van der Waals surface area (Å²) in [6, 6.07) is 9.71. The molecule has 0 radical (unpaired) electrons. The number of esters is 2. The lowest BCUT2D eigenvalue weighted by Gasteiger charge is -2.19. The van der Waals surface area contributed by atoms with Crippen molar-refractivity contribution in [2.75, 3.05) is 7.11 Å². The van der Waals surface area contributed by atoms with Crippen LogP contribution in [0, 0.1) is 5.92 Å². The van der Waals surface area contributed by atoms with Crippen LogP contribution in [0.5, 0.6) is 0 Å². The van der Waals surface area contributed by atoms with Gasteiger partial charge in [-0.15, -0.1) is 11.8 Å². The molecule has 1 fully saturated rings. The Bertz CT molecular complexity index is 488. The van der Waals surface area contributed by atoms with E-state index < -0.39 is 0 Å². The van der Waals surface area contributed by atoms with Crippen molar-refractivity contribution in [3.8, 4) is 0 Å². The molecule has 21 heavy (non-hydrogen) atoms. The fourth-order valence-electron chi connectivity index (χ4n) is 2.53. The second-order valence-electron chi connectivity index (χ2n) is 5.06. The highest BCUT2D eigenvalue weighted by atomic mass is 32.2. The molecule has 0 spiro atoms. The molecule has 0 saturated carbocycles. The van der Waals surface area contributed by atoms with Crippen molar-refractivity contribution in [2.45, 2.75) is 42.4 Å². The van der Waals surface area contributed by atoms with E-state index in [1.165, 1.54) is 18.9 Å². The predicted octanol–water partition coefficient (Wildman–Crippen LogP) is 3.05. The van der Waals surface area contributed by atoms with Gasteiger partial charge < -0.3 is 9.47 Å². The Kier molecular flexibility index (Phi) is 5.67. The third kappa shape index (κ3) is 4.00. The van der Waals surface area contributed by atoms with Gasteiger partial charge in [-0.1, -0.05) is 31.5 Å². The molecule has 1 heterocycles. The average molecular weight is 308 g/mol. The number of carbonyl (C=O) groups excluding carboxylic acids is 2. The van der Waals surface area contributed by atoms with E-state index in [9.17, 15) is 9.59 Å². The van der Waals surface area contributed by atoms with E-state index in [0.29, 0.717) is 0 Å².